The van der Waals surface area contributed by atoms with E-state index in [9.17, 15) is 0 Å². The SMILES string of the molecule is CCCCCCCCCCCOc1ccc(OCCCCCCCCCCC)c2c(OCCCCCCCCCCC)c3c(Cl)c(Cl)ccc3c(OCCCCCCCCCCC)c12. The zero-order valence-corrected chi connectivity index (χ0v) is 43.5. The molecule has 0 aliphatic rings. The predicted molar refractivity (Wildman–Crippen MR) is 282 cm³/mol. The van der Waals surface area contributed by atoms with E-state index < -0.39 is 0 Å². The largest absolute Gasteiger partial charge is 0.493 e. The maximum Gasteiger partial charge on any atom is 0.140 e. The van der Waals surface area contributed by atoms with Gasteiger partial charge >= 0.3 is 0 Å². The van der Waals surface area contributed by atoms with Gasteiger partial charge in [-0.25, -0.2) is 0 Å². The first-order chi connectivity index (χ1) is 31.6. The maximum atomic E-state index is 7.25. The van der Waals surface area contributed by atoms with Crippen molar-refractivity contribution in [3.05, 3.63) is 34.3 Å². The van der Waals surface area contributed by atoms with Gasteiger partial charge in [-0.1, -0.05) is 256 Å². The molecule has 0 saturated heterocycles. The molecule has 0 aliphatic heterocycles. The summed E-state index contributed by atoms with van der Waals surface area (Å²) in [6.07, 6.45) is 45.7. The smallest absolute Gasteiger partial charge is 0.140 e. The fraction of sp³-hybridized carbons (Fsp3) is 0.759. The lowest BCUT2D eigenvalue weighted by Gasteiger charge is -2.23. The molecule has 0 radical (unpaired) electrons. The molecule has 3 aromatic carbocycles. The van der Waals surface area contributed by atoms with Crippen LogP contribution >= 0.6 is 23.2 Å². The second-order valence-corrected chi connectivity index (χ2v) is 19.7. The molecule has 0 N–H and O–H groups in total. The van der Waals surface area contributed by atoms with Gasteiger partial charge in [-0.3, -0.25) is 0 Å². The van der Waals surface area contributed by atoms with Crippen LogP contribution in [-0.2, 0) is 0 Å². The van der Waals surface area contributed by atoms with E-state index in [1.807, 2.05) is 6.07 Å². The standard InChI is InChI=1S/C58H96Cl2O4/c1-5-9-13-17-21-25-29-33-37-45-61-51-43-44-52(62-46-38-34-30-26-22-18-14-10-6-2)55-54(51)57(63-47-39-35-31-27-23-19-15-11-7-3)49-41-42-50(59)56(60)53(49)58(55)64-48-40-36-32-28-24-20-16-12-8-4/h41-44H,5-40,45-48H2,1-4H3. The van der Waals surface area contributed by atoms with Crippen LogP contribution in [0.1, 0.15) is 259 Å². The highest BCUT2D eigenvalue weighted by molar-refractivity contribution is 6.46. The molecule has 0 spiro atoms. The van der Waals surface area contributed by atoms with E-state index in [1.54, 1.807) is 0 Å². The van der Waals surface area contributed by atoms with Gasteiger partial charge in [0.2, 0.25) is 0 Å². The second kappa shape index (κ2) is 38.0. The summed E-state index contributed by atoms with van der Waals surface area (Å²) in [5.41, 5.74) is 0. The quantitative estimate of drug-likeness (QED) is 0.0418. The monoisotopic (exact) mass is 927 g/mol. The number of benzene rings is 3. The Morgan fingerprint density at radius 1 is 0.297 bits per heavy atom. The Balaban J connectivity index is 1.92. The minimum atomic E-state index is 0.502. The highest BCUT2D eigenvalue weighted by Gasteiger charge is 2.26. The first-order valence-corrected chi connectivity index (χ1v) is 28.3. The van der Waals surface area contributed by atoms with E-state index in [4.69, 9.17) is 42.1 Å². The lowest BCUT2D eigenvalue weighted by Crippen LogP contribution is -2.06. The molecule has 3 aromatic rings. The number of rotatable bonds is 44. The summed E-state index contributed by atoms with van der Waals surface area (Å²) in [5, 5.41) is 4.58. The molecule has 0 amide bonds. The van der Waals surface area contributed by atoms with Crippen molar-refractivity contribution in [2.75, 3.05) is 26.4 Å². The topological polar surface area (TPSA) is 36.9 Å². The second-order valence-electron chi connectivity index (χ2n) is 19.0. The third-order valence-corrected chi connectivity index (χ3v) is 14.0. The molecule has 0 fully saturated rings. The highest BCUT2D eigenvalue weighted by atomic mass is 35.5. The number of hydrogen-bond acceptors (Lipinski definition) is 4. The minimum absolute atomic E-state index is 0.502. The van der Waals surface area contributed by atoms with Crippen molar-refractivity contribution < 1.29 is 18.9 Å². The van der Waals surface area contributed by atoms with Crippen molar-refractivity contribution >= 4 is 44.7 Å². The number of fused-ring (bicyclic) bond motifs is 2. The van der Waals surface area contributed by atoms with Gasteiger partial charge in [0.15, 0.2) is 0 Å². The first-order valence-electron chi connectivity index (χ1n) is 27.5. The van der Waals surface area contributed by atoms with Crippen molar-refractivity contribution in [2.24, 2.45) is 0 Å². The fourth-order valence-electron chi connectivity index (χ4n) is 9.14. The molecular formula is C58H96Cl2O4. The molecule has 0 bridgehead atoms. The van der Waals surface area contributed by atoms with E-state index in [1.165, 1.54) is 193 Å². The summed E-state index contributed by atoms with van der Waals surface area (Å²) in [6.45, 7) is 11.7. The summed E-state index contributed by atoms with van der Waals surface area (Å²) in [4.78, 5) is 0. The van der Waals surface area contributed by atoms with E-state index in [-0.39, 0.29) is 0 Å². The van der Waals surface area contributed by atoms with Gasteiger partial charge < -0.3 is 18.9 Å². The van der Waals surface area contributed by atoms with Crippen molar-refractivity contribution in [3.8, 4) is 23.0 Å². The molecule has 6 heteroatoms. The van der Waals surface area contributed by atoms with Crippen LogP contribution in [0.15, 0.2) is 24.3 Å². The molecule has 0 atom stereocenters. The van der Waals surface area contributed by atoms with Crippen molar-refractivity contribution in [2.45, 2.75) is 259 Å². The van der Waals surface area contributed by atoms with Gasteiger partial charge in [0.25, 0.3) is 0 Å². The third kappa shape index (κ3) is 22.6. The summed E-state index contributed by atoms with van der Waals surface area (Å²) in [7, 11) is 0. The molecule has 0 aliphatic carbocycles. The van der Waals surface area contributed by atoms with E-state index in [2.05, 4.69) is 45.9 Å². The van der Waals surface area contributed by atoms with Crippen molar-refractivity contribution in [1.82, 2.24) is 0 Å². The maximum absolute atomic E-state index is 7.25. The zero-order chi connectivity index (χ0) is 45.7. The lowest BCUT2D eigenvalue weighted by atomic mass is 9.98. The predicted octanol–water partition coefficient (Wildman–Crippen LogP) is 20.9. The first kappa shape index (κ1) is 56.3. The van der Waals surface area contributed by atoms with Gasteiger partial charge in [-0.05, 0) is 49.9 Å². The molecule has 64 heavy (non-hydrogen) atoms. The molecule has 0 heterocycles. The molecule has 4 nitrogen and oxygen atoms in total. The minimum Gasteiger partial charge on any atom is -0.493 e. The van der Waals surface area contributed by atoms with Gasteiger partial charge in [0.05, 0.1) is 47.2 Å². The summed E-state index contributed by atoms with van der Waals surface area (Å²) in [6, 6.07) is 8.18. The van der Waals surface area contributed by atoms with Crippen molar-refractivity contribution in [1.29, 1.82) is 0 Å². The van der Waals surface area contributed by atoms with E-state index in [0.717, 1.165) is 83.1 Å². The molecular weight excluding hydrogens is 832 g/mol. The normalized spacial score (nSPS) is 11.6. The van der Waals surface area contributed by atoms with Crippen LogP contribution in [0.4, 0.5) is 0 Å². The Bertz CT molecular complexity index is 1590. The van der Waals surface area contributed by atoms with Crippen LogP contribution in [0.5, 0.6) is 23.0 Å². The summed E-state index contributed by atoms with van der Waals surface area (Å²) < 4.78 is 27.5. The van der Waals surface area contributed by atoms with Crippen LogP contribution in [0.25, 0.3) is 21.5 Å². The third-order valence-electron chi connectivity index (χ3n) is 13.1. The molecule has 366 valence electrons. The molecule has 3 rings (SSSR count). The van der Waals surface area contributed by atoms with E-state index in [0.29, 0.717) is 36.5 Å². The molecule has 0 unspecified atom stereocenters. The molecule has 0 saturated carbocycles. The summed E-state index contributed by atoms with van der Waals surface area (Å²) in [5.74, 6) is 3.17. The lowest BCUT2D eigenvalue weighted by molar-refractivity contribution is 0.290. The summed E-state index contributed by atoms with van der Waals surface area (Å²) >= 11 is 14.1. The van der Waals surface area contributed by atoms with Gasteiger partial charge in [0.1, 0.15) is 23.0 Å². The van der Waals surface area contributed by atoms with E-state index >= 15 is 0 Å². The average Bonchev–Trinajstić information content (AvgIpc) is 3.30. The molecule has 0 aromatic heterocycles. The van der Waals surface area contributed by atoms with Crippen LogP contribution in [0.3, 0.4) is 0 Å². The fourth-order valence-corrected chi connectivity index (χ4v) is 9.54. The highest BCUT2D eigenvalue weighted by Crippen LogP contribution is 2.53. The Hall–Kier alpha value is -2.04. The van der Waals surface area contributed by atoms with Crippen molar-refractivity contribution in [3.63, 3.8) is 0 Å². The number of halogens is 2. The van der Waals surface area contributed by atoms with Crippen LogP contribution in [0.2, 0.25) is 10.0 Å². The Kier molecular flexibility index (Phi) is 33.4. The van der Waals surface area contributed by atoms with Gasteiger partial charge in [-0.15, -0.1) is 0 Å². The average molecular weight is 928 g/mol. The van der Waals surface area contributed by atoms with Crippen LogP contribution in [-0.4, -0.2) is 26.4 Å². The number of unbranched alkanes of at least 4 members (excludes halogenated alkanes) is 32. The van der Waals surface area contributed by atoms with Crippen LogP contribution < -0.4 is 18.9 Å². The Labute approximate surface area is 404 Å². The zero-order valence-electron chi connectivity index (χ0n) is 42.0. The van der Waals surface area contributed by atoms with Gasteiger partial charge in [0, 0.05) is 10.8 Å². The Morgan fingerprint density at radius 3 is 0.922 bits per heavy atom. The Morgan fingerprint density at radius 2 is 0.578 bits per heavy atom. The van der Waals surface area contributed by atoms with Crippen LogP contribution in [0, 0.1) is 0 Å². The van der Waals surface area contributed by atoms with Gasteiger partial charge in [-0.2, -0.15) is 0 Å². The number of ether oxygens (including phenoxy) is 4. The number of hydrogen-bond donors (Lipinski definition) is 0.